The molecule has 2 aromatic heterocycles. The van der Waals surface area contributed by atoms with Gasteiger partial charge in [-0.3, -0.25) is 18.7 Å². The Kier molecular flexibility index (Phi) is 5.66. The van der Waals surface area contributed by atoms with Gasteiger partial charge in [-0.2, -0.15) is 0 Å². The van der Waals surface area contributed by atoms with Gasteiger partial charge in [0.2, 0.25) is 11.8 Å². The van der Waals surface area contributed by atoms with E-state index in [2.05, 4.69) is 4.98 Å². The molecule has 0 unspecified atom stereocenters. The van der Waals surface area contributed by atoms with Crippen LogP contribution in [-0.4, -0.2) is 61.9 Å². The molecular weight excluding hydrogens is 382 g/mol. The maximum Gasteiger partial charge on any atom is 0.330 e. The Balaban J connectivity index is 1.37. The van der Waals surface area contributed by atoms with Crippen LogP contribution in [-0.2, 0) is 23.2 Å². The number of carbonyl (C=O) groups excluding carboxylic acids is 2. The topological polar surface area (TPSA) is 80.4 Å². The Bertz CT molecular complexity index is 1010. The monoisotopic (exact) mass is 413 g/mol. The van der Waals surface area contributed by atoms with Crippen molar-refractivity contribution in [3.8, 4) is 0 Å². The van der Waals surface area contributed by atoms with Crippen molar-refractivity contribution in [1.29, 1.82) is 0 Å². The molecule has 0 atom stereocenters. The maximum absolute atomic E-state index is 12.9. The largest absolute Gasteiger partial charge is 0.339 e. The van der Waals surface area contributed by atoms with Crippen LogP contribution in [0.2, 0.25) is 0 Å². The molecule has 1 saturated carbocycles. The van der Waals surface area contributed by atoms with Crippen molar-refractivity contribution < 1.29 is 9.59 Å². The lowest BCUT2D eigenvalue weighted by molar-refractivity contribution is -0.142. The van der Waals surface area contributed by atoms with Crippen molar-refractivity contribution in [2.24, 2.45) is 18.9 Å². The van der Waals surface area contributed by atoms with Crippen molar-refractivity contribution in [2.45, 2.75) is 46.1 Å². The fraction of sp³-hybridized carbons (Fsp3) is 0.636. The van der Waals surface area contributed by atoms with E-state index in [1.807, 2.05) is 24.0 Å². The summed E-state index contributed by atoms with van der Waals surface area (Å²) in [4.78, 5) is 45.4. The molecule has 0 bridgehead atoms. The zero-order valence-corrected chi connectivity index (χ0v) is 18.1. The van der Waals surface area contributed by atoms with E-state index in [1.54, 1.807) is 28.0 Å². The quantitative estimate of drug-likeness (QED) is 0.765. The SMILES string of the molecule is CC(=O)N1CCN(C(=O)C2CCC(Cn3c(=O)n(C)c4ccc(C)nc43)CC2)CC1. The second kappa shape index (κ2) is 8.24. The molecule has 30 heavy (non-hydrogen) atoms. The van der Waals surface area contributed by atoms with Crippen molar-refractivity contribution >= 4 is 23.0 Å². The smallest absolute Gasteiger partial charge is 0.330 e. The third kappa shape index (κ3) is 3.87. The zero-order chi connectivity index (χ0) is 21.4. The van der Waals surface area contributed by atoms with Gasteiger partial charge in [0.15, 0.2) is 5.65 Å². The van der Waals surface area contributed by atoms with E-state index in [0.29, 0.717) is 38.6 Å². The van der Waals surface area contributed by atoms with Gasteiger partial charge in [-0.15, -0.1) is 0 Å². The molecule has 2 aliphatic rings. The standard InChI is InChI=1S/C22H31N5O3/c1-15-4-9-19-20(23-15)27(22(30)24(19)3)14-17-5-7-18(8-6-17)21(29)26-12-10-25(11-13-26)16(2)28/h4,9,17-18H,5-8,10-14H2,1-3H3. The van der Waals surface area contributed by atoms with Gasteiger partial charge in [0, 0.05) is 58.3 Å². The fourth-order valence-electron chi connectivity index (χ4n) is 4.89. The second-order valence-electron chi connectivity index (χ2n) is 8.80. The molecule has 1 saturated heterocycles. The van der Waals surface area contributed by atoms with E-state index >= 15 is 0 Å². The minimum Gasteiger partial charge on any atom is -0.339 e. The number of fused-ring (bicyclic) bond motifs is 1. The lowest BCUT2D eigenvalue weighted by Crippen LogP contribution is -2.51. The predicted octanol–water partition coefficient (Wildman–Crippen LogP) is 1.54. The number of amides is 2. The summed E-state index contributed by atoms with van der Waals surface area (Å²) < 4.78 is 3.47. The Labute approximate surface area is 176 Å². The van der Waals surface area contributed by atoms with E-state index in [1.165, 1.54) is 0 Å². The van der Waals surface area contributed by atoms with Gasteiger partial charge in [0.25, 0.3) is 0 Å². The molecule has 8 nitrogen and oxygen atoms in total. The summed E-state index contributed by atoms with van der Waals surface area (Å²) in [5.41, 5.74) is 2.49. The summed E-state index contributed by atoms with van der Waals surface area (Å²) >= 11 is 0. The summed E-state index contributed by atoms with van der Waals surface area (Å²) in [5, 5.41) is 0. The van der Waals surface area contributed by atoms with Crippen LogP contribution in [0.4, 0.5) is 0 Å². The highest BCUT2D eigenvalue weighted by Gasteiger charge is 2.32. The lowest BCUT2D eigenvalue weighted by atomic mass is 9.81. The van der Waals surface area contributed by atoms with Crippen molar-refractivity contribution in [3.63, 3.8) is 0 Å². The molecule has 2 amide bonds. The Hall–Kier alpha value is -2.64. The fourth-order valence-corrected chi connectivity index (χ4v) is 4.89. The average molecular weight is 414 g/mol. The molecule has 2 fully saturated rings. The minimum atomic E-state index is -0.0235. The van der Waals surface area contributed by atoms with Crippen molar-refractivity contribution in [3.05, 3.63) is 28.3 Å². The molecule has 1 aliphatic carbocycles. The van der Waals surface area contributed by atoms with Crippen molar-refractivity contribution in [2.75, 3.05) is 26.2 Å². The molecule has 0 radical (unpaired) electrons. The summed E-state index contributed by atoms with van der Waals surface area (Å²) in [7, 11) is 1.79. The molecule has 4 rings (SSSR count). The summed E-state index contributed by atoms with van der Waals surface area (Å²) in [6.07, 6.45) is 3.61. The first-order valence-corrected chi connectivity index (χ1v) is 10.9. The number of piperazine rings is 1. The zero-order valence-electron chi connectivity index (χ0n) is 18.1. The first-order valence-electron chi connectivity index (χ1n) is 10.9. The number of nitrogens with zero attached hydrogens (tertiary/aromatic N) is 5. The molecule has 0 spiro atoms. The first kappa shape index (κ1) is 20.6. The number of rotatable bonds is 3. The predicted molar refractivity (Wildman–Crippen MR) is 114 cm³/mol. The van der Waals surface area contributed by atoms with E-state index < -0.39 is 0 Å². The van der Waals surface area contributed by atoms with E-state index in [0.717, 1.165) is 42.5 Å². The van der Waals surface area contributed by atoms with Crippen LogP contribution in [0.15, 0.2) is 16.9 Å². The number of pyridine rings is 1. The van der Waals surface area contributed by atoms with Crippen LogP contribution >= 0.6 is 0 Å². The molecular formula is C22H31N5O3. The van der Waals surface area contributed by atoms with Crippen LogP contribution in [0.5, 0.6) is 0 Å². The summed E-state index contributed by atoms with van der Waals surface area (Å²) in [5.74, 6) is 0.760. The maximum atomic E-state index is 12.9. The van der Waals surface area contributed by atoms with Gasteiger partial charge < -0.3 is 9.80 Å². The van der Waals surface area contributed by atoms with Gasteiger partial charge >= 0.3 is 5.69 Å². The summed E-state index contributed by atoms with van der Waals surface area (Å²) in [6.45, 7) is 6.71. The van der Waals surface area contributed by atoms with E-state index in [-0.39, 0.29) is 23.4 Å². The van der Waals surface area contributed by atoms with Gasteiger partial charge in [0.05, 0.1) is 5.52 Å². The van der Waals surface area contributed by atoms with Crippen LogP contribution in [0, 0.1) is 18.8 Å². The van der Waals surface area contributed by atoms with Gasteiger partial charge in [-0.05, 0) is 50.7 Å². The van der Waals surface area contributed by atoms with Crippen LogP contribution in [0.25, 0.3) is 11.2 Å². The average Bonchev–Trinajstić information content (AvgIpc) is 2.98. The Morgan fingerprint density at radius 2 is 1.67 bits per heavy atom. The molecule has 3 heterocycles. The van der Waals surface area contributed by atoms with Crippen LogP contribution in [0.1, 0.15) is 38.3 Å². The van der Waals surface area contributed by atoms with Gasteiger partial charge in [0.1, 0.15) is 0 Å². The van der Waals surface area contributed by atoms with Crippen LogP contribution < -0.4 is 5.69 Å². The Morgan fingerprint density at radius 1 is 1.03 bits per heavy atom. The van der Waals surface area contributed by atoms with E-state index in [4.69, 9.17) is 0 Å². The second-order valence-corrected chi connectivity index (χ2v) is 8.80. The number of hydrogen-bond donors (Lipinski definition) is 0. The van der Waals surface area contributed by atoms with Gasteiger partial charge in [-0.25, -0.2) is 9.78 Å². The normalized spacial score (nSPS) is 22.5. The van der Waals surface area contributed by atoms with Crippen molar-refractivity contribution in [1.82, 2.24) is 23.9 Å². The highest BCUT2D eigenvalue weighted by Crippen LogP contribution is 2.31. The third-order valence-electron chi connectivity index (χ3n) is 6.80. The molecule has 0 N–H and O–H groups in total. The summed E-state index contributed by atoms with van der Waals surface area (Å²) in [6, 6.07) is 3.89. The third-order valence-corrected chi connectivity index (χ3v) is 6.80. The minimum absolute atomic E-state index is 0.0235. The molecule has 8 heteroatoms. The molecule has 1 aliphatic heterocycles. The number of carbonyl (C=O) groups is 2. The highest BCUT2D eigenvalue weighted by molar-refractivity contribution is 5.79. The molecule has 2 aromatic rings. The van der Waals surface area contributed by atoms with E-state index in [9.17, 15) is 14.4 Å². The number of hydrogen-bond acceptors (Lipinski definition) is 4. The first-order chi connectivity index (χ1) is 14.3. The number of imidazole rings is 1. The lowest BCUT2D eigenvalue weighted by Gasteiger charge is -2.37. The highest BCUT2D eigenvalue weighted by atomic mass is 16.2. The van der Waals surface area contributed by atoms with Crippen LogP contribution in [0.3, 0.4) is 0 Å². The molecule has 162 valence electrons. The van der Waals surface area contributed by atoms with Gasteiger partial charge in [-0.1, -0.05) is 0 Å². The Morgan fingerprint density at radius 3 is 2.30 bits per heavy atom. The molecule has 0 aromatic carbocycles. The number of aromatic nitrogens is 3. The number of aryl methyl sites for hydroxylation is 2.